The van der Waals surface area contributed by atoms with Crippen molar-refractivity contribution in [3.63, 3.8) is 0 Å². The standard InChI is InChI=1S/C10H14N2O3/c1-6(2)8(10(14)15)7-4-11-5-12(3)9(7)13/h4-6,8H,1-3H3,(H,14,15). The molecule has 0 saturated heterocycles. The highest BCUT2D eigenvalue weighted by atomic mass is 16.4. The van der Waals surface area contributed by atoms with Crippen molar-refractivity contribution in [1.82, 2.24) is 9.55 Å². The van der Waals surface area contributed by atoms with E-state index in [2.05, 4.69) is 4.98 Å². The number of aliphatic carboxylic acids is 1. The Morgan fingerprint density at radius 3 is 2.60 bits per heavy atom. The molecule has 0 radical (unpaired) electrons. The summed E-state index contributed by atoms with van der Waals surface area (Å²) in [5.74, 6) is -1.92. The Morgan fingerprint density at radius 2 is 2.13 bits per heavy atom. The fourth-order valence-corrected chi connectivity index (χ4v) is 1.52. The minimum atomic E-state index is -0.991. The van der Waals surface area contributed by atoms with Crippen LogP contribution in [0, 0.1) is 5.92 Å². The zero-order chi connectivity index (χ0) is 11.6. The molecule has 0 aliphatic carbocycles. The lowest BCUT2D eigenvalue weighted by Gasteiger charge is -2.15. The van der Waals surface area contributed by atoms with Crippen LogP contribution >= 0.6 is 0 Å². The lowest BCUT2D eigenvalue weighted by molar-refractivity contribution is -0.139. The molecule has 0 fully saturated rings. The van der Waals surface area contributed by atoms with E-state index in [1.807, 2.05) is 0 Å². The summed E-state index contributed by atoms with van der Waals surface area (Å²) in [6, 6.07) is 0. The predicted octanol–water partition coefficient (Wildman–Crippen LogP) is 0.605. The van der Waals surface area contributed by atoms with E-state index in [1.165, 1.54) is 17.1 Å². The van der Waals surface area contributed by atoms with Crippen LogP contribution in [-0.4, -0.2) is 20.6 Å². The van der Waals surface area contributed by atoms with Crippen molar-refractivity contribution in [2.75, 3.05) is 0 Å². The van der Waals surface area contributed by atoms with Crippen molar-refractivity contribution >= 4 is 5.97 Å². The molecule has 0 aromatic carbocycles. The molecule has 1 aromatic rings. The average molecular weight is 210 g/mol. The Labute approximate surface area is 87.4 Å². The second-order valence-electron chi connectivity index (χ2n) is 3.82. The van der Waals surface area contributed by atoms with Gasteiger partial charge < -0.3 is 9.67 Å². The zero-order valence-corrected chi connectivity index (χ0v) is 8.97. The van der Waals surface area contributed by atoms with Crippen LogP contribution < -0.4 is 5.56 Å². The Morgan fingerprint density at radius 1 is 1.53 bits per heavy atom. The number of aromatic nitrogens is 2. The van der Waals surface area contributed by atoms with E-state index in [0.717, 1.165) is 0 Å². The smallest absolute Gasteiger partial charge is 0.311 e. The van der Waals surface area contributed by atoms with Gasteiger partial charge in [-0.25, -0.2) is 4.98 Å². The van der Waals surface area contributed by atoms with Gasteiger partial charge in [0, 0.05) is 13.2 Å². The average Bonchev–Trinajstić information content (AvgIpc) is 2.11. The van der Waals surface area contributed by atoms with Gasteiger partial charge in [-0.1, -0.05) is 13.8 Å². The molecule has 0 bridgehead atoms. The lowest BCUT2D eigenvalue weighted by Crippen LogP contribution is -2.29. The number of carbonyl (C=O) groups is 1. The third-order valence-electron chi connectivity index (χ3n) is 2.29. The lowest BCUT2D eigenvalue weighted by atomic mass is 9.90. The molecule has 15 heavy (non-hydrogen) atoms. The van der Waals surface area contributed by atoms with Gasteiger partial charge in [-0.2, -0.15) is 0 Å². The van der Waals surface area contributed by atoms with Crippen LogP contribution in [0.25, 0.3) is 0 Å². The van der Waals surface area contributed by atoms with Crippen molar-refractivity contribution in [3.05, 3.63) is 28.4 Å². The maximum absolute atomic E-state index is 11.7. The first-order valence-electron chi connectivity index (χ1n) is 4.68. The molecule has 1 atom stereocenters. The fraction of sp³-hybridized carbons (Fsp3) is 0.500. The summed E-state index contributed by atoms with van der Waals surface area (Å²) in [4.78, 5) is 26.5. The van der Waals surface area contributed by atoms with Gasteiger partial charge in [-0.05, 0) is 5.92 Å². The molecule has 1 N–H and O–H groups in total. The van der Waals surface area contributed by atoms with Crippen molar-refractivity contribution < 1.29 is 9.90 Å². The summed E-state index contributed by atoms with van der Waals surface area (Å²) in [7, 11) is 1.55. The van der Waals surface area contributed by atoms with Gasteiger partial charge in [0.15, 0.2) is 0 Å². The Bertz CT molecular complexity index is 423. The van der Waals surface area contributed by atoms with Gasteiger partial charge in [0.05, 0.1) is 17.8 Å². The van der Waals surface area contributed by atoms with Crippen molar-refractivity contribution in [2.24, 2.45) is 13.0 Å². The Hall–Kier alpha value is -1.65. The summed E-state index contributed by atoms with van der Waals surface area (Å²) >= 11 is 0. The van der Waals surface area contributed by atoms with Gasteiger partial charge in [-0.3, -0.25) is 9.59 Å². The predicted molar refractivity (Wildman–Crippen MR) is 54.7 cm³/mol. The van der Waals surface area contributed by atoms with Gasteiger partial charge >= 0.3 is 5.97 Å². The van der Waals surface area contributed by atoms with E-state index in [4.69, 9.17) is 5.11 Å². The summed E-state index contributed by atoms with van der Waals surface area (Å²) < 4.78 is 1.29. The Kier molecular flexibility index (Phi) is 3.24. The molecule has 82 valence electrons. The first-order chi connectivity index (χ1) is 6.95. The van der Waals surface area contributed by atoms with Gasteiger partial charge in [0.25, 0.3) is 5.56 Å². The van der Waals surface area contributed by atoms with E-state index in [-0.39, 0.29) is 17.0 Å². The van der Waals surface area contributed by atoms with Crippen LogP contribution in [0.15, 0.2) is 17.3 Å². The molecule has 5 heteroatoms. The molecule has 1 rings (SSSR count). The number of hydrogen-bond donors (Lipinski definition) is 1. The number of carboxylic acid groups (broad SMARTS) is 1. The van der Waals surface area contributed by atoms with Crippen LogP contribution in [0.2, 0.25) is 0 Å². The molecule has 0 aliphatic heterocycles. The maximum Gasteiger partial charge on any atom is 0.311 e. The topological polar surface area (TPSA) is 72.2 Å². The monoisotopic (exact) mass is 210 g/mol. The van der Waals surface area contributed by atoms with Crippen LogP contribution in [-0.2, 0) is 11.8 Å². The van der Waals surface area contributed by atoms with Crippen molar-refractivity contribution in [2.45, 2.75) is 19.8 Å². The highest BCUT2D eigenvalue weighted by Gasteiger charge is 2.26. The second-order valence-corrected chi connectivity index (χ2v) is 3.82. The molecule has 1 aromatic heterocycles. The highest BCUT2D eigenvalue weighted by Crippen LogP contribution is 2.20. The molecule has 1 unspecified atom stereocenters. The van der Waals surface area contributed by atoms with Crippen LogP contribution in [0.1, 0.15) is 25.3 Å². The van der Waals surface area contributed by atoms with Gasteiger partial charge in [-0.15, -0.1) is 0 Å². The summed E-state index contributed by atoms with van der Waals surface area (Å²) in [5.41, 5.74) is -0.0615. The number of aryl methyl sites for hydroxylation is 1. The second kappa shape index (κ2) is 4.25. The third-order valence-corrected chi connectivity index (χ3v) is 2.29. The van der Waals surface area contributed by atoms with Crippen LogP contribution in [0.3, 0.4) is 0 Å². The van der Waals surface area contributed by atoms with Crippen LogP contribution in [0.5, 0.6) is 0 Å². The SMILES string of the molecule is CC(C)C(C(=O)O)c1cncn(C)c1=O. The normalized spacial score (nSPS) is 12.8. The summed E-state index contributed by atoms with van der Waals surface area (Å²) in [5, 5.41) is 9.04. The summed E-state index contributed by atoms with van der Waals surface area (Å²) in [6.45, 7) is 3.54. The van der Waals surface area contributed by atoms with Crippen molar-refractivity contribution in [3.8, 4) is 0 Å². The zero-order valence-electron chi connectivity index (χ0n) is 8.97. The molecule has 1 heterocycles. The summed E-state index contributed by atoms with van der Waals surface area (Å²) in [6.07, 6.45) is 2.70. The van der Waals surface area contributed by atoms with Crippen LogP contribution in [0.4, 0.5) is 0 Å². The number of rotatable bonds is 3. The molecular weight excluding hydrogens is 196 g/mol. The maximum atomic E-state index is 11.7. The fourth-order valence-electron chi connectivity index (χ4n) is 1.52. The third kappa shape index (κ3) is 2.23. The number of carboxylic acids is 1. The van der Waals surface area contributed by atoms with E-state index in [9.17, 15) is 9.59 Å². The first-order valence-corrected chi connectivity index (χ1v) is 4.68. The number of nitrogens with zero attached hydrogens (tertiary/aromatic N) is 2. The molecular formula is C10H14N2O3. The van der Waals surface area contributed by atoms with Gasteiger partial charge in [0.2, 0.25) is 0 Å². The molecule has 0 spiro atoms. The number of hydrogen-bond acceptors (Lipinski definition) is 3. The molecule has 0 amide bonds. The molecule has 0 aliphatic rings. The van der Waals surface area contributed by atoms with Gasteiger partial charge in [0.1, 0.15) is 0 Å². The van der Waals surface area contributed by atoms with E-state index in [0.29, 0.717) is 0 Å². The van der Waals surface area contributed by atoms with E-state index >= 15 is 0 Å². The Balaban J connectivity index is 3.30. The highest BCUT2D eigenvalue weighted by molar-refractivity contribution is 5.76. The first kappa shape index (κ1) is 11.4. The molecule has 0 saturated carbocycles. The van der Waals surface area contributed by atoms with E-state index < -0.39 is 11.9 Å². The van der Waals surface area contributed by atoms with E-state index in [1.54, 1.807) is 20.9 Å². The molecule has 5 nitrogen and oxygen atoms in total. The van der Waals surface area contributed by atoms with Crippen molar-refractivity contribution in [1.29, 1.82) is 0 Å². The largest absolute Gasteiger partial charge is 0.481 e. The quantitative estimate of drug-likeness (QED) is 0.793. The minimum absolute atomic E-state index is 0.139. The minimum Gasteiger partial charge on any atom is -0.481 e.